The van der Waals surface area contributed by atoms with E-state index in [0.29, 0.717) is 12.0 Å². The summed E-state index contributed by atoms with van der Waals surface area (Å²) < 4.78 is 0. The molecule has 0 unspecified atom stereocenters. The molecule has 1 heterocycles. The summed E-state index contributed by atoms with van der Waals surface area (Å²) in [4.78, 5) is 2.54. The van der Waals surface area contributed by atoms with Gasteiger partial charge < -0.3 is 4.90 Å². The van der Waals surface area contributed by atoms with Crippen LogP contribution in [0.5, 0.6) is 0 Å². The Kier molecular flexibility index (Phi) is 3.62. The Morgan fingerprint density at radius 2 is 1.83 bits per heavy atom. The summed E-state index contributed by atoms with van der Waals surface area (Å²) in [5, 5.41) is 0. The SMILES string of the molecule is CC#CC1CCN(C(C)C)CC1. The highest BCUT2D eigenvalue weighted by molar-refractivity contribution is 5.02. The molecule has 0 aliphatic carbocycles. The van der Waals surface area contributed by atoms with Crippen LogP contribution in [0.25, 0.3) is 0 Å². The molecule has 1 rings (SSSR count). The van der Waals surface area contributed by atoms with Crippen molar-refractivity contribution in [2.24, 2.45) is 5.92 Å². The van der Waals surface area contributed by atoms with Gasteiger partial charge in [-0.25, -0.2) is 0 Å². The van der Waals surface area contributed by atoms with Crippen LogP contribution in [0.1, 0.15) is 33.6 Å². The molecule has 0 bridgehead atoms. The largest absolute Gasteiger partial charge is 0.301 e. The van der Waals surface area contributed by atoms with Crippen molar-refractivity contribution in [3.8, 4) is 11.8 Å². The van der Waals surface area contributed by atoms with Crippen LogP contribution in [0.4, 0.5) is 0 Å². The zero-order chi connectivity index (χ0) is 8.97. The molecular weight excluding hydrogens is 146 g/mol. The van der Waals surface area contributed by atoms with Crippen molar-refractivity contribution in [2.75, 3.05) is 13.1 Å². The van der Waals surface area contributed by atoms with Gasteiger partial charge in [-0.3, -0.25) is 0 Å². The van der Waals surface area contributed by atoms with Gasteiger partial charge in [0.05, 0.1) is 0 Å². The zero-order valence-electron chi connectivity index (χ0n) is 8.43. The molecule has 1 fully saturated rings. The van der Waals surface area contributed by atoms with Gasteiger partial charge in [-0.05, 0) is 46.7 Å². The van der Waals surface area contributed by atoms with Gasteiger partial charge in [0.2, 0.25) is 0 Å². The van der Waals surface area contributed by atoms with Gasteiger partial charge in [0, 0.05) is 12.0 Å². The minimum Gasteiger partial charge on any atom is -0.301 e. The highest BCUT2D eigenvalue weighted by Crippen LogP contribution is 2.17. The molecule has 0 N–H and O–H groups in total. The van der Waals surface area contributed by atoms with E-state index < -0.39 is 0 Å². The van der Waals surface area contributed by atoms with Crippen molar-refractivity contribution in [2.45, 2.75) is 39.7 Å². The minimum absolute atomic E-state index is 0.671. The number of likely N-dealkylation sites (tertiary alicyclic amines) is 1. The molecule has 0 radical (unpaired) electrons. The fraction of sp³-hybridized carbons (Fsp3) is 0.818. The summed E-state index contributed by atoms with van der Waals surface area (Å²) in [5.74, 6) is 6.95. The predicted molar refractivity (Wildman–Crippen MR) is 52.9 cm³/mol. The molecule has 1 aliphatic rings. The van der Waals surface area contributed by atoms with E-state index in [0.717, 1.165) is 0 Å². The lowest BCUT2D eigenvalue weighted by molar-refractivity contribution is 0.167. The van der Waals surface area contributed by atoms with Crippen LogP contribution in [-0.4, -0.2) is 24.0 Å². The van der Waals surface area contributed by atoms with Crippen LogP contribution >= 0.6 is 0 Å². The lowest BCUT2D eigenvalue weighted by atomic mass is 9.97. The summed E-state index contributed by atoms with van der Waals surface area (Å²) in [6, 6.07) is 0.709. The maximum atomic E-state index is 3.27. The van der Waals surface area contributed by atoms with E-state index in [4.69, 9.17) is 0 Å². The van der Waals surface area contributed by atoms with Crippen LogP contribution in [0, 0.1) is 17.8 Å². The molecule has 1 nitrogen and oxygen atoms in total. The molecule has 0 spiro atoms. The maximum Gasteiger partial charge on any atom is 0.0227 e. The second-order valence-electron chi connectivity index (χ2n) is 3.80. The van der Waals surface area contributed by atoms with Crippen molar-refractivity contribution in [1.29, 1.82) is 0 Å². The second-order valence-corrected chi connectivity index (χ2v) is 3.80. The highest BCUT2D eigenvalue weighted by atomic mass is 15.1. The Balaban J connectivity index is 2.33. The average Bonchev–Trinajstić information content (AvgIpc) is 2.06. The Labute approximate surface area is 76.1 Å². The summed E-state index contributed by atoms with van der Waals surface area (Å²) in [7, 11) is 0. The van der Waals surface area contributed by atoms with Crippen molar-refractivity contribution < 1.29 is 0 Å². The Morgan fingerprint density at radius 1 is 1.25 bits per heavy atom. The Hall–Kier alpha value is -0.480. The van der Waals surface area contributed by atoms with E-state index in [9.17, 15) is 0 Å². The topological polar surface area (TPSA) is 3.24 Å². The second kappa shape index (κ2) is 4.52. The summed E-state index contributed by atoms with van der Waals surface area (Å²) in [6.45, 7) is 8.94. The van der Waals surface area contributed by atoms with Gasteiger partial charge in [-0.15, -0.1) is 11.8 Å². The van der Waals surface area contributed by atoms with Gasteiger partial charge in [0.25, 0.3) is 0 Å². The standard InChI is InChI=1S/C11H19N/c1-4-5-11-6-8-12(9-7-11)10(2)3/h10-11H,6-9H2,1-3H3. The zero-order valence-corrected chi connectivity index (χ0v) is 8.43. The summed E-state index contributed by atoms with van der Waals surface area (Å²) in [5.41, 5.74) is 0. The lowest BCUT2D eigenvalue weighted by Gasteiger charge is -2.32. The molecule has 1 aliphatic heterocycles. The third kappa shape index (κ3) is 2.53. The highest BCUT2D eigenvalue weighted by Gasteiger charge is 2.18. The van der Waals surface area contributed by atoms with Crippen LogP contribution in [0.15, 0.2) is 0 Å². The first-order valence-electron chi connectivity index (χ1n) is 4.90. The number of rotatable bonds is 1. The van der Waals surface area contributed by atoms with Gasteiger partial charge in [-0.2, -0.15) is 0 Å². The van der Waals surface area contributed by atoms with Crippen molar-refractivity contribution >= 4 is 0 Å². The maximum absolute atomic E-state index is 3.27. The number of piperidine rings is 1. The van der Waals surface area contributed by atoms with E-state index >= 15 is 0 Å². The minimum atomic E-state index is 0.671. The average molecular weight is 165 g/mol. The van der Waals surface area contributed by atoms with Crippen molar-refractivity contribution in [3.05, 3.63) is 0 Å². The molecule has 0 atom stereocenters. The quantitative estimate of drug-likeness (QED) is 0.538. The first-order valence-corrected chi connectivity index (χ1v) is 4.90. The summed E-state index contributed by atoms with van der Waals surface area (Å²) >= 11 is 0. The van der Waals surface area contributed by atoms with Crippen LogP contribution in [-0.2, 0) is 0 Å². The third-order valence-electron chi connectivity index (χ3n) is 2.61. The Bertz CT molecular complexity index is 177. The normalized spacial score (nSPS) is 20.7. The van der Waals surface area contributed by atoms with Crippen LogP contribution in [0.3, 0.4) is 0 Å². The van der Waals surface area contributed by atoms with E-state index in [1.807, 2.05) is 6.92 Å². The molecule has 0 aromatic rings. The van der Waals surface area contributed by atoms with E-state index in [2.05, 4.69) is 30.6 Å². The number of hydrogen-bond donors (Lipinski definition) is 0. The number of hydrogen-bond acceptors (Lipinski definition) is 1. The molecular formula is C11H19N. The van der Waals surface area contributed by atoms with Crippen LogP contribution < -0.4 is 0 Å². The fourth-order valence-corrected chi connectivity index (χ4v) is 1.76. The molecule has 12 heavy (non-hydrogen) atoms. The van der Waals surface area contributed by atoms with Gasteiger partial charge in [-0.1, -0.05) is 0 Å². The first-order chi connectivity index (χ1) is 5.74. The molecule has 0 aromatic carbocycles. The molecule has 0 aromatic heterocycles. The van der Waals surface area contributed by atoms with Gasteiger partial charge in [0.15, 0.2) is 0 Å². The molecule has 1 saturated heterocycles. The smallest absolute Gasteiger partial charge is 0.0227 e. The third-order valence-corrected chi connectivity index (χ3v) is 2.61. The van der Waals surface area contributed by atoms with Gasteiger partial charge in [0.1, 0.15) is 0 Å². The molecule has 0 saturated carbocycles. The fourth-order valence-electron chi connectivity index (χ4n) is 1.76. The molecule has 1 heteroatoms. The van der Waals surface area contributed by atoms with Crippen molar-refractivity contribution in [3.63, 3.8) is 0 Å². The lowest BCUT2D eigenvalue weighted by Crippen LogP contribution is -2.38. The Morgan fingerprint density at radius 3 is 2.25 bits per heavy atom. The van der Waals surface area contributed by atoms with Crippen LogP contribution in [0.2, 0.25) is 0 Å². The summed E-state index contributed by atoms with van der Waals surface area (Å²) in [6.07, 6.45) is 2.53. The molecule has 68 valence electrons. The van der Waals surface area contributed by atoms with Crippen molar-refractivity contribution in [1.82, 2.24) is 4.90 Å². The van der Waals surface area contributed by atoms with E-state index in [-0.39, 0.29) is 0 Å². The predicted octanol–water partition coefficient (Wildman–Crippen LogP) is 2.13. The monoisotopic (exact) mass is 165 g/mol. The first kappa shape index (κ1) is 9.61. The van der Waals surface area contributed by atoms with Gasteiger partial charge >= 0.3 is 0 Å². The van der Waals surface area contributed by atoms with E-state index in [1.165, 1.54) is 25.9 Å². The number of nitrogens with zero attached hydrogens (tertiary/aromatic N) is 1. The van der Waals surface area contributed by atoms with E-state index in [1.54, 1.807) is 0 Å². The molecule has 0 amide bonds.